The van der Waals surface area contributed by atoms with Crippen LogP contribution in [-0.4, -0.2) is 32.2 Å². The van der Waals surface area contributed by atoms with E-state index in [2.05, 4.69) is 5.32 Å². The van der Waals surface area contributed by atoms with Gasteiger partial charge < -0.3 is 19.5 Å². The Morgan fingerprint density at radius 2 is 1.47 bits per heavy atom. The number of ether oxygens (including phenoxy) is 3. The second kappa shape index (κ2) is 11.3. The van der Waals surface area contributed by atoms with Crippen molar-refractivity contribution < 1.29 is 23.9 Å². The molecule has 34 heavy (non-hydrogen) atoms. The van der Waals surface area contributed by atoms with E-state index in [0.29, 0.717) is 28.5 Å². The van der Waals surface area contributed by atoms with Crippen molar-refractivity contribution >= 4 is 35.5 Å². The fourth-order valence-electron chi connectivity index (χ4n) is 3.27. The summed E-state index contributed by atoms with van der Waals surface area (Å²) in [7, 11) is 4.64. The van der Waals surface area contributed by atoms with Gasteiger partial charge in [0.2, 0.25) is 11.7 Å². The molecule has 8 heteroatoms. The van der Waals surface area contributed by atoms with Crippen LogP contribution in [0.2, 0.25) is 0 Å². The number of nitro benzene ring substituents is 1. The molecule has 0 aromatic heterocycles. The Labute approximate surface area is 197 Å². The minimum absolute atomic E-state index is 0.0692. The van der Waals surface area contributed by atoms with Crippen LogP contribution in [0.25, 0.3) is 18.2 Å². The fourth-order valence-corrected chi connectivity index (χ4v) is 3.27. The van der Waals surface area contributed by atoms with Crippen LogP contribution in [0.4, 0.5) is 11.4 Å². The van der Waals surface area contributed by atoms with E-state index in [1.165, 1.54) is 18.2 Å². The second-order valence-electron chi connectivity index (χ2n) is 7.02. The van der Waals surface area contributed by atoms with Crippen molar-refractivity contribution in [2.24, 2.45) is 0 Å². The van der Waals surface area contributed by atoms with Gasteiger partial charge in [-0.25, -0.2) is 0 Å². The number of methoxy groups -OCH3 is 3. The molecule has 1 amide bonds. The third-order valence-corrected chi connectivity index (χ3v) is 4.91. The SMILES string of the molecule is COc1cc(C=Cc2ccccc2NC(=O)/C=C/c2ccccc2[N+](=O)[O-])cc(OC)c1OC. The molecular formula is C26H24N2O6. The number of anilines is 1. The maximum atomic E-state index is 12.5. The van der Waals surface area contributed by atoms with E-state index in [4.69, 9.17) is 14.2 Å². The predicted octanol–water partition coefficient (Wildman–Crippen LogP) is 5.44. The molecule has 1 N–H and O–H groups in total. The van der Waals surface area contributed by atoms with E-state index >= 15 is 0 Å². The lowest BCUT2D eigenvalue weighted by atomic mass is 10.1. The highest BCUT2D eigenvalue weighted by Crippen LogP contribution is 2.38. The normalized spacial score (nSPS) is 10.9. The van der Waals surface area contributed by atoms with Crippen LogP contribution in [0.15, 0.2) is 66.7 Å². The van der Waals surface area contributed by atoms with Crippen molar-refractivity contribution in [3.63, 3.8) is 0 Å². The minimum atomic E-state index is -0.485. The Morgan fingerprint density at radius 1 is 0.853 bits per heavy atom. The number of benzene rings is 3. The van der Waals surface area contributed by atoms with E-state index in [0.717, 1.165) is 11.1 Å². The average Bonchev–Trinajstić information content (AvgIpc) is 2.86. The molecule has 0 spiro atoms. The summed E-state index contributed by atoms with van der Waals surface area (Å²) in [5.74, 6) is 1.15. The lowest BCUT2D eigenvalue weighted by Gasteiger charge is -2.13. The standard InChI is InChI=1S/C26H24N2O6/c1-32-23-16-18(17-24(33-2)26(23)34-3)12-13-19-8-4-6-10-21(19)27-25(29)15-14-20-9-5-7-11-22(20)28(30)31/h4-17H,1-3H3,(H,27,29)/b13-12?,15-14+. The molecular weight excluding hydrogens is 436 g/mol. The van der Waals surface area contributed by atoms with Gasteiger partial charge in [-0.1, -0.05) is 42.5 Å². The van der Waals surface area contributed by atoms with Gasteiger partial charge in [0.05, 0.1) is 31.8 Å². The quantitative estimate of drug-likeness (QED) is 0.197. The number of amides is 1. The molecule has 3 aromatic rings. The molecule has 0 heterocycles. The first-order valence-electron chi connectivity index (χ1n) is 10.3. The molecule has 0 atom stereocenters. The summed E-state index contributed by atoms with van der Waals surface area (Å²) in [6, 6.07) is 17.1. The summed E-state index contributed by atoms with van der Waals surface area (Å²) in [4.78, 5) is 23.2. The largest absolute Gasteiger partial charge is 0.493 e. The van der Waals surface area contributed by atoms with E-state index < -0.39 is 10.8 Å². The molecule has 174 valence electrons. The Morgan fingerprint density at radius 3 is 2.09 bits per heavy atom. The monoisotopic (exact) mass is 460 g/mol. The Hall–Kier alpha value is -4.59. The van der Waals surface area contributed by atoms with Crippen LogP contribution < -0.4 is 19.5 Å². The smallest absolute Gasteiger partial charge is 0.276 e. The van der Waals surface area contributed by atoms with Gasteiger partial charge in [-0.15, -0.1) is 0 Å². The highest BCUT2D eigenvalue weighted by Gasteiger charge is 2.13. The van der Waals surface area contributed by atoms with E-state index in [1.807, 2.05) is 36.4 Å². The van der Waals surface area contributed by atoms with Crippen LogP contribution in [-0.2, 0) is 4.79 Å². The first kappa shape index (κ1) is 24.1. The summed E-state index contributed by atoms with van der Waals surface area (Å²) in [6.07, 6.45) is 6.39. The number of nitro groups is 1. The van der Waals surface area contributed by atoms with Crippen molar-refractivity contribution in [2.45, 2.75) is 0 Å². The Balaban J connectivity index is 1.81. The molecule has 0 bridgehead atoms. The Kier molecular flexibility index (Phi) is 8.02. The van der Waals surface area contributed by atoms with Gasteiger partial charge in [-0.3, -0.25) is 14.9 Å². The third-order valence-electron chi connectivity index (χ3n) is 4.91. The molecule has 8 nitrogen and oxygen atoms in total. The summed E-state index contributed by atoms with van der Waals surface area (Å²) >= 11 is 0. The Bertz CT molecular complexity index is 1220. The second-order valence-corrected chi connectivity index (χ2v) is 7.02. The van der Waals surface area contributed by atoms with Crippen LogP contribution >= 0.6 is 0 Å². The van der Waals surface area contributed by atoms with Crippen molar-refractivity contribution in [1.29, 1.82) is 0 Å². The van der Waals surface area contributed by atoms with E-state index in [-0.39, 0.29) is 5.69 Å². The summed E-state index contributed by atoms with van der Waals surface area (Å²) in [5, 5.41) is 14.0. The number of nitrogens with zero attached hydrogens (tertiary/aromatic N) is 1. The maximum Gasteiger partial charge on any atom is 0.276 e. The summed E-state index contributed by atoms with van der Waals surface area (Å²) in [5.41, 5.74) is 2.44. The lowest BCUT2D eigenvalue weighted by molar-refractivity contribution is -0.385. The number of rotatable bonds is 9. The number of hydrogen-bond donors (Lipinski definition) is 1. The van der Waals surface area contributed by atoms with Crippen LogP contribution in [0.1, 0.15) is 16.7 Å². The maximum absolute atomic E-state index is 12.5. The van der Waals surface area contributed by atoms with E-state index in [9.17, 15) is 14.9 Å². The van der Waals surface area contributed by atoms with Crippen molar-refractivity contribution in [1.82, 2.24) is 0 Å². The van der Waals surface area contributed by atoms with Crippen molar-refractivity contribution in [2.75, 3.05) is 26.6 Å². The molecule has 3 rings (SSSR count). The zero-order chi connectivity index (χ0) is 24.5. The molecule has 0 saturated heterocycles. The molecule has 0 aliphatic carbocycles. The molecule has 0 radical (unpaired) electrons. The highest BCUT2D eigenvalue weighted by atomic mass is 16.6. The average molecular weight is 460 g/mol. The van der Waals surface area contributed by atoms with Crippen LogP contribution in [0, 0.1) is 10.1 Å². The first-order chi connectivity index (χ1) is 16.5. The van der Waals surface area contributed by atoms with Crippen molar-refractivity contribution in [3.05, 3.63) is 93.5 Å². The fraction of sp³-hybridized carbons (Fsp3) is 0.115. The number of hydrogen-bond acceptors (Lipinski definition) is 6. The number of carbonyl (C=O) groups is 1. The molecule has 0 aliphatic heterocycles. The zero-order valence-electron chi connectivity index (χ0n) is 19.0. The molecule has 0 fully saturated rings. The molecule has 3 aromatic carbocycles. The van der Waals surface area contributed by atoms with Gasteiger partial charge in [0.15, 0.2) is 11.5 Å². The first-order valence-corrected chi connectivity index (χ1v) is 10.3. The van der Waals surface area contributed by atoms with Gasteiger partial charge in [-0.2, -0.15) is 0 Å². The van der Waals surface area contributed by atoms with Crippen LogP contribution in [0.3, 0.4) is 0 Å². The van der Waals surface area contributed by atoms with E-state index in [1.54, 1.807) is 51.7 Å². The predicted molar refractivity (Wildman–Crippen MR) is 132 cm³/mol. The third kappa shape index (κ3) is 5.80. The molecule has 0 unspecified atom stereocenters. The number of nitrogens with one attached hydrogen (secondary N) is 1. The number of carbonyl (C=O) groups excluding carboxylic acids is 1. The topological polar surface area (TPSA) is 99.9 Å². The van der Waals surface area contributed by atoms with Gasteiger partial charge in [0.1, 0.15) is 0 Å². The lowest BCUT2D eigenvalue weighted by Crippen LogP contribution is -2.08. The zero-order valence-corrected chi connectivity index (χ0v) is 19.0. The van der Waals surface area contributed by atoms with Crippen LogP contribution in [0.5, 0.6) is 17.2 Å². The summed E-state index contributed by atoms with van der Waals surface area (Å²) in [6.45, 7) is 0. The highest BCUT2D eigenvalue weighted by molar-refractivity contribution is 6.03. The van der Waals surface area contributed by atoms with Gasteiger partial charge in [-0.05, 0) is 41.5 Å². The molecule has 0 saturated carbocycles. The summed E-state index contributed by atoms with van der Waals surface area (Å²) < 4.78 is 16.1. The number of para-hydroxylation sites is 2. The molecule has 0 aliphatic rings. The minimum Gasteiger partial charge on any atom is -0.493 e. The van der Waals surface area contributed by atoms with Crippen molar-refractivity contribution in [3.8, 4) is 17.2 Å². The van der Waals surface area contributed by atoms with Gasteiger partial charge in [0, 0.05) is 17.8 Å². The van der Waals surface area contributed by atoms with Gasteiger partial charge in [0.25, 0.3) is 5.69 Å². The van der Waals surface area contributed by atoms with Gasteiger partial charge >= 0.3 is 0 Å².